The van der Waals surface area contributed by atoms with Gasteiger partial charge in [0.25, 0.3) is 0 Å². The summed E-state index contributed by atoms with van der Waals surface area (Å²) >= 11 is 6.20. The van der Waals surface area contributed by atoms with Crippen LogP contribution in [0.15, 0.2) is 36.4 Å². The van der Waals surface area contributed by atoms with Crippen molar-refractivity contribution in [2.24, 2.45) is 23.7 Å². The van der Waals surface area contributed by atoms with Crippen molar-refractivity contribution in [2.75, 3.05) is 26.3 Å². The average Bonchev–Trinajstić information content (AvgIpc) is 3.41. The maximum absolute atomic E-state index is 13.3. The van der Waals surface area contributed by atoms with Gasteiger partial charge in [0.15, 0.2) is 0 Å². The number of benzene rings is 1. The Labute approximate surface area is 174 Å². The fraction of sp³-hybridized carbons (Fsp3) is 0.500. The molecule has 29 heavy (non-hydrogen) atoms. The van der Waals surface area contributed by atoms with E-state index in [4.69, 9.17) is 16.3 Å². The van der Waals surface area contributed by atoms with Crippen molar-refractivity contribution in [2.45, 2.75) is 18.9 Å². The first-order valence-corrected chi connectivity index (χ1v) is 10.6. The Kier molecular flexibility index (Phi) is 4.71. The van der Waals surface area contributed by atoms with Crippen LogP contribution in [0.2, 0.25) is 5.02 Å². The topological polar surface area (TPSA) is 66.9 Å². The zero-order chi connectivity index (χ0) is 20.1. The van der Waals surface area contributed by atoms with Gasteiger partial charge in [-0.15, -0.1) is 0 Å². The Bertz CT molecular complexity index is 865. The maximum Gasteiger partial charge on any atom is 0.234 e. The number of carbonyl (C=O) groups is 3. The van der Waals surface area contributed by atoms with E-state index in [-0.39, 0.29) is 47.8 Å². The summed E-state index contributed by atoms with van der Waals surface area (Å²) in [6.45, 7) is 2.08. The second kappa shape index (κ2) is 7.26. The number of hydrogen-bond donors (Lipinski definition) is 0. The van der Waals surface area contributed by atoms with E-state index >= 15 is 0 Å². The predicted octanol–water partition coefficient (Wildman–Crippen LogP) is 2.44. The first kappa shape index (κ1) is 18.8. The molecular weight excluding hydrogens is 392 g/mol. The number of carbonyl (C=O) groups excluding carboxylic acids is 3. The molecule has 2 aliphatic carbocycles. The van der Waals surface area contributed by atoms with Gasteiger partial charge >= 0.3 is 0 Å². The molecule has 2 bridgehead atoms. The van der Waals surface area contributed by atoms with E-state index in [0.29, 0.717) is 31.3 Å². The summed E-state index contributed by atoms with van der Waals surface area (Å²) in [4.78, 5) is 42.8. The van der Waals surface area contributed by atoms with Crippen LogP contribution < -0.4 is 0 Å². The summed E-state index contributed by atoms with van der Waals surface area (Å²) < 4.78 is 5.33. The molecule has 2 aliphatic heterocycles. The monoisotopic (exact) mass is 414 g/mol. The minimum atomic E-state index is -0.631. The van der Waals surface area contributed by atoms with Gasteiger partial charge in [-0.05, 0) is 36.0 Å². The third-order valence-electron chi connectivity index (χ3n) is 6.78. The Balaban J connectivity index is 1.46. The molecule has 152 valence electrons. The van der Waals surface area contributed by atoms with E-state index in [1.807, 2.05) is 6.07 Å². The lowest BCUT2D eigenvalue weighted by Crippen LogP contribution is -2.44. The highest BCUT2D eigenvalue weighted by Gasteiger charge is 2.60. The second-order valence-electron chi connectivity index (χ2n) is 8.31. The molecular formula is C22H23ClN2O4. The van der Waals surface area contributed by atoms with Gasteiger partial charge in [0.1, 0.15) is 0 Å². The number of likely N-dealkylation sites (tertiary alicyclic amines) is 1. The lowest BCUT2D eigenvalue weighted by molar-refractivity contribution is -0.146. The lowest BCUT2D eigenvalue weighted by atomic mass is 9.85. The third-order valence-corrected chi connectivity index (χ3v) is 7.02. The van der Waals surface area contributed by atoms with Crippen LogP contribution in [0.3, 0.4) is 0 Å². The Morgan fingerprint density at radius 3 is 2.38 bits per heavy atom. The van der Waals surface area contributed by atoms with Crippen LogP contribution in [-0.2, 0) is 19.1 Å². The van der Waals surface area contributed by atoms with Crippen LogP contribution in [0, 0.1) is 23.7 Å². The SMILES string of the molecule is O=C(CC(c1cccc(Cl)c1)N1C(=O)C2C3C=CC(C3)C2C1=O)N1CCOCC1. The summed E-state index contributed by atoms with van der Waals surface area (Å²) in [5.74, 6) is -0.636. The van der Waals surface area contributed by atoms with Crippen molar-refractivity contribution >= 4 is 29.3 Å². The molecule has 3 amide bonds. The highest BCUT2D eigenvalue weighted by Crippen LogP contribution is 2.54. The van der Waals surface area contributed by atoms with Crippen molar-refractivity contribution in [1.82, 2.24) is 9.80 Å². The summed E-state index contributed by atoms with van der Waals surface area (Å²) in [5.41, 5.74) is 0.723. The molecule has 1 aromatic rings. The average molecular weight is 415 g/mol. The van der Waals surface area contributed by atoms with Gasteiger partial charge in [-0.3, -0.25) is 19.3 Å². The van der Waals surface area contributed by atoms with Gasteiger partial charge in [0.2, 0.25) is 17.7 Å². The predicted molar refractivity (Wildman–Crippen MR) is 106 cm³/mol. The molecule has 5 rings (SSSR count). The number of hydrogen-bond acceptors (Lipinski definition) is 4. The van der Waals surface area contributed by atoms with Crippen molar-refractivity contribution in [1.29, 1.82) is 0 Å². The molecule has 1 aromatic carbocycles. The number of rotatable bonds is 4. The third kappa shape index (κ3) is 3.09. The number of ether oxygens (including phenoxy) is 1. The fourth-order valence-corrected chi connectivity index (χ4v) is 5.61. The van der Waals surface area contributed by atoms with Gasteiger partial charge < -0.3 is 9.64 Å². The fourth-order valence-electron chi connectivity index (χ4n) is 5.41. The van der Waals surface area contributed by atoms with Crippen LogP contribution in [-0.4, -0.2) is 53.8 Å². The molecule has 3 fully saturated rings. The number of nitrogens with zero attached hydrogens (tertiary/aromatic N) is 2. The summed E-state index contributed by atoms with van der Waals surface area (Å²) in [6.07, 6.45) is 5.11. The number of halogens is 1. The standard InChI is InChI=1S/C22H23ClN2O4/c23-16-3-1-2-13(11-16)17(12-18(26)24-6-8-29-9-7-24)25-21(27)19-14-4-5-15(10-14)20(19)22(25)28/h1-5,11,14-15,17,19-20H,6-10,12H2. The van der Waals surface area contributed by atoms with Gasteiger partial charge in [-0.1, -0.05) is 35.9 Å². The van der Waals surface area contributed by atoms with E-state index in [1.54, 1.807) is 23.1 Å². The molecule has 7 heteroatoms. The molecule has 2 saturated heterocycles. The van der Waals surface area contributed by atoms with E-state index in [9.17, 15) is 14.4 Å². The van der Waals surface area contributed by atoms with Gasteiger partial charge in [-0.2, -0.15) is 0 Å². The number of amides is 3. The number of allylic oxidation sites excluding steroid dienone is 2. The Hall–Kier alpha value is -2.18. The summed E-state index contributed by atoms with van der Waals surface area (Å²) in [5, 5.41) is 0.521. The first-order chi connectivity index (χ1) is 14.0. The minimum absolute atomic E-state index is 0.0695. The maximum atomic E-state index is 13.3. The van der Waals surface area contributed by atoms with E-state index in [2.05, 4.69) is 12.2 Å². The van der Waals surface area contributed by atoms with E-state index < -0.39 is 6.04 Å². The van der Waals surface area contributed by atoms with Crippen LogP contribution in [0.4, 0.5) is 0 Å². The second-order valence-corrected chi connectivity index (χ2v) is 8.75. The smallest absolute Gasteiger partial charge is 0.234 e. The number of morpholine rings is 1. The Morgan fingerprint density at radius 1 is 1.10 bits per heavy atom. The lowest BCUT2D eigenvalue weighted by Gasteiger charge is -2.32. The van der Waals surface area contributed by atoms with Gasteiger partial charge in [-0.25, -0.2) is 0 Å². The zero-order valence-corrected chi connectivity index (χ0v) is 16.8. The zero-order valence-electron chi connectivity index (χ0n) is 16.0. The van der Waals surface area contributed by atoms with Crippen LogP contribution in [0.5, 0.6) is 0 Å². The van der Waals surface area contributed by atoms with E-state index in [1.165, 1.54) is 4.90 Å². The van der Waals surface area contributed by atoms with E-state index in [0.717, 1.165) is 12.0 Å². The normalized spacial score (nSPS) is 31.5. The molecule has 5 atom stereocenters. The largest absolute Gasteiger partial charge is 0.378 e. The van der Waals surface area contributed by atoms with Crippen LogP contribution in [0.1, 0.15) is 24.4 Å². The highest BCUT2D eigenvalue weighted by atomic mass is 35.5. The highest BCUT2D eigenvalue weighted by molar-refractivity contribution is 6.30. The quantitative estimate of drug-likeness (QED) is 0.560. The molecule has 6 nitrogen and oxygen atoms in total. The molecule has 5 unspecified atom stereocenters. The number of fused-ring (bicyclic) bond motifs is 5. The van der Waals surface area contributed by atoms with Crippen molar-refractivity contribution in [3.63, 3.8) is 0 Å². The van der Waals surface area contributed by atoms with Crippen molar-refractivity contribution < 1.29 is 19.1 Å². The van der Waals surface area contributed by atoms with Crippen LogP contribution >= 0.6 is 11.6 Å². The number of imide groups is 1. The molecule has 0 N–H and O–H groups in total. The molecule has 0 spiro atoms. The summed E-state index contributed by atoms with van der Waals surface area (Å²) in [6, 6.07) is 6.50. The van der Waals surface area contributed by atoms with Gasteiger partial charge in [0.05, 0.1) is 37.5 Å². The van der Waals surface area contributed by atoms with Crippen molar-refractivity contribution in [3.05, 3.63) is 47.0 Å². The molecule has 1 saturated carbocycles. The molecule has 4 aliphatic rings. The van der Waals surface area contributed by atoms with Gasteiger partial charge in [0, 0.05) is 18.1 Å². The first-order valence-electron chi connectivity index (χ1n) is 10.2. The molecule has 2 heterocycles. The van der Waals surface area contributed by atoms with Crippen molar-refractivity contribution in [3.8, 4) is 0 Å². The molecule has 0 aromatic heterocycles. The minimum Gasteiger partial charge on any atom is -0.378 e. The van der Waals surface area contributed by atoms with Crippen LogP contribution in [0.25, 0.3) is 0 Å². The Morgan fingerprint density at radius 2 is 1.76 bits per heavy atom. The summed E-state index contributed by atoms with van der Waals surface area (Å²) in [7, 11) is 0. The molecule has 0 radical (unpaired) electrons.